The Kier molecular flexibility index (Phi) is 4.67. The van der Waals surface area contributed by atoms with Crippen molar-refractivity contribution in [2.45, 2.75) is 13.3 Å². The van der Waals surface area contributed by atoms with E-state index in [2.05, 4.69) is 0 Å². The van der Waals surface area contributed by atoms with E-state index in [9.17, 15) is 9.59 Å². The molecule has 6 nitrogen and oxygen atoms in total. The van der Waals surface area contributed by atoms with Gasteiger partial charge in [-0.1, -0.05) is 0 Å². The highest BCUT2D eigenvalue weighted by Gasteiger charge is 2.30. The van der Waals surface area contributed by atoms with E-state index >= 15 is 0 Å². The van der Waals surface area contributed by atoms with E-state index in [1.807, 2.05) is 18.2 Å². The summed E-state index contributed by atoms with van der Waals surface area (Å²) in [6.07, 6.45) is 0.529. The molecule has 1 aliphatic heterocycles. The van der Waals surface area contributed by atoms with Crippen molar-refractivity contribution in [3.63, 3.8) is 0 Å². The predicted octanol–water partition coefficient (Wildman–Crippen LogP) is 1.18. The first-order valence-corrected chi connectivity index (χ1v) is 6.85. The predicted molar refractivity (Wildman–Crippen MR) is 75.6 cm³/mol. The first kappa shape index (κ1) is 15.2. The Morgan fingerprint density at radius 3 is 2.86 bits per heavy atom. The highest BCUT2D eigenvalue weighted by atomic mass is 16.5. The average Bonchev–Trinajstić information content (AvgIpc) is 2.50. The maximum atomic E-state index is 12.4. The molecule has 114 valence electrons. The molecule has 1 heterocycles. The van der Waals surface area contributed by atoms with Crippen LogP contribution in [0, 0.1) is 5.92 Å². The van der Waals surface area contributed by atoms with Gasteiger partial charge in [-0.3, -0.25) is 9.59 Å². The molecule has 1 amide bonds. The summed E-state index contributed by atoms with van der Waals surface area (Å²) < 4.78 is 10.8. The third-order valence-corrected chi connectivity index (χ3v) is 3.54. The van der Waals surface area contributed by atoms with Crippen molar-refractivity contribution < 1.29 is 24.2 Å². The number of carbonyl (C=O) groups is 2. The van der Waals surface area contributed by atoms with Crippen LogP contribution < -0.4 is 9.47 Å². The molecule has 0 bridgehead atoms. The van der Waals surface area contributed by atoms with E-state index in [0.717, 1.165) is 11.3 Å². The Balaban J connectivity index is 2.12. The van der Waals surface area contributed by atoms with Gasteiger partial charge in [0.05, 0.1) is 13.0 Å². The summed E-state index contributed by atoms with van der Waals surface area (Å²) in [5.41, 5.74) is 0.908. The van der Waals surface area contributed by atoms with Crippen LogP contribution in [0.15, 0.2) is 18.2 Å². The van der Waals surface area contributed by atoms with Crippen molar-refractivity contribution in [1.29, 1.82) is 0 Å². The molecule has 1 unspecified atom stereocenters. The lowest BCUT2D eigenvalue weighted by Crippen LogP contribution is -2.43. The van der Waals surface area contributed by atoms with Gasteiger partial charge in [-0.05, 0) is 37.1 Å². The Hall–Kier alpha value is -2.24. The topological polar surface area (TPSA) is 76.1 Å². The normalized spacial score (nSPS) is 16.6. The molecule has 21 heavy (non-hydrogen) atoms. The number of likely N-dealkylation sites (N-methyl/N-ethyl adjacent to an activating group) is 1. The molecule has 1 aromatic carbocycles. The molecule has 0 radical (unpaired) electrons. The minimum atomic E-state index is -1.01. The molecule has 0 aliphatic carbocycles. The number of amides is 1. The lowest BCUT2D eigenvalue weighted by Gasteiger charge is -2.29. The number of nitrogens with zero attached hydrogens (tertiary/aromatic N) is 1. The smallest absolute Gasteiger partial charge is 0.323 e. The lowest BCUT2D eigenvalue weighted by molar-refractivity contribution is -0.146. The van der Waals surface area contributed by atoms with Crippen LogP contribution in [0.5, 0.6) is 11.5 Å². The van der Waals surface area contributed by atoms with Gasteiger partial charge < -0.3 is 19.5 Å². The number of hydrogen-bond donors (Lipinski definition) is 1. The van der Waals surface area contributed by atoms with E-state index in [0.29, 0.717) is 18.7 Å². The highest BCUT2D eigenvalue weighted by molar-refractivity contribution is 5.83. The molecular formula is C15H19NO5. The number of aliphatic carboxylic acids is 1. The number of ether oxygens (including phenoxy) is 2. The Bertz CT molecular complexity index is 543. The maximum Gasteiger partial charge on any atom is 0.323 e. The molecule has 6 heteroatoms. The summed E-state index contributed by atoms with van der Waals surface area (Å²) in [5.74, 6) is -0.0919. The third-order valence-electron chi connectivity index (χ3n) is 3.54. The summed E-state index contributed by atoms with van der Waals surface area (Å²) in [4.78, 5) is 24.5. The van der Waals surface area contributed by atoms with Gasteiger partial charge >= 0.3 is 5.97 Å². The van der Waals surface area contributed by atoms with Crippen molar-refractivity contribution in [1.82, 2.24) is 4.90 Å². The first-order valence-electron chi connectivity index (χ1n) is 6.85. The van der Waals surface area contributed by atoms with Crippen molar-refractivity contribution in [3.05, 3.63) is 23.8 Å². The number of carboxylic acid groups (broad SMARTS) is 1. The summed E-state index contributed by atoms with van der Waals surface area (Å²) >= 11 is 0. The van der Waals surface area contributed by atoms with Gasteiger partial charge in [-0.2, -0.15) is 0 Å². The van der Waals surface area contributed by atoms with Gasteiger partial charge in [0.2, 0.25) is 5.91 Å². The zero-order valence-electron chi connectivity index (χ0n) is 12.2. The fourth-order valence-electron chi connectivity index (χ4n) is 2.42. The molecule has 1 aliphatic rings. The van der Waals surface area contributed by atoms with Gasteiger partial charge in [0.1, 0.15) is 24.7 Å². The molecule has 0 saturated heterocycles. The molecule has 0 aromatic heterocycles. The largest absolute Gasteiger partial charge is 0.497 e. The van der Waals surface area contributed by atoms with Crippen LogP contribution in [0.25, 0.3) is 0 Å². The van der Waals surface area contributed by atoms with E-state index in [-0.39, 0.29) is 25.0 Å². The standard InChI is InChI=1S/C15H19NO5/c1-3-16(8-14(17)18)15(19)11-6-10-7-12(20-2)4-5-13(10)21-9-11/h4-5,7,11H,3,6,8-9H2,1-2H3,(H,17,18). The van der Waals surface area contributed by atoms with Gasteiger partial charge in [0.15, 0.2) is 0 Å². The average molecular weight is 293 g/mol. The van der Waals surface area contributed by atoms with Crippen LogP contribution in [0.1, 0.15) is 12.5 Å². The summed E-state index contributed by atoms with van der Waals surface area (Å²) in [5, 5.41) is 8.85. The van der Waals surface area contributed by atoms with Gasteiger partial charge in [-0.15, -0.1) is 0 Å². The molecule has 1 N–H and O–H groups in total. The van der Waals surface area contributed by atoms with Crippen LogP contribution >= 0.6 is 0 Å². The van der Waals surface area contributed by atoms with Crippen molar-refractivity contribution in [3.8, 4) is 11.5 Å². The van der Waals surface area contributed by atoms with E-state index < -0.39 is 5.97 Å². The van der Waals surface area contributed by atoms with E-state index in [1.165, 1.54) is 4.90 Å². The monoisotopic (exact) mass is 293 g/mol. The second kappa shape index (κ2) is 6.47. The molecule has 1 atom stereocenters. The van der Waals surface area contributed by atoms with E-state index in [4.69, 9.17) is 14.6 Å². The van der Waals surface area contributed by atoms with Crippen LogP contribution in [-0.2, 0) is 16.0 Å². The highest BCUT2D eigenvalue weighted by Crippen LogP contribution is 2.31. The Morgan fingerprint density at radius 2 is 2.24 bits per heavy atom. The van der Waals surface area contributed by atoms with Crippen molar-refractivity contribution in [2.75, 3.05) is 26.8 Å². The minimum absolute atomic E-state index is 0.187. The van der Waals surface area contributed by atoms with Crippen molar-refractivity contribution >= 4 is 11.9 Å². The van der Waals surface area contributed by atoms with Gasteiger partial charge in [0, 0.05) is 6.54 Å². The van der Waals surface area contributed by atoms with Crippen LogP contribution in [0.4, 0.5) is 0 Å². The fraction of sp³-hybridized carbons (Fsp3) is 0.467. The van der Waals surface area contributed by atoms with Crippen LogP contribution in [0.3, 0.4) is 0 Å². The third kappa shape index (κ3) is 3.45. The quantitative estimate of drug-likeness (QED) is 0.882. The number of hydrogen-bond acceptors (Lipinski definition) is 4. The Labute approximate surface area is 123 Å². The van der Waals surface area contributed by atoms with Crippen LogP contribution in [0.2, 0.25) is 0 Å². The zero-order valence-corrected chi connectivity index (χ0v) is 12.2. The van der Waals surface area contributed by atoms with Crippen LogP contribution in [-0.4, -0.2) is 48.7 Å². The number of carboxylic acids is 1. The SMILES string of the molecule is CCN(CC(=O)O)C(=O)C1COc2ccc(OC)cc2C1. The summed E-state index contributed by atoms with van der Waals surface area (Å²) in [7, 11) is 1.58. The maximum absolute atomic E-state index is 12.4. The second-order valence-electron chi connectivity index (χ2n) is 4.93. The first-order chi connectivity index (χ1) is 10.0. The lowest BCUT2D eigenvalue weighted by atomic mass is 9.95. The van der Waals surface area contributed by atoms with Gasteiger partial charge in [0.25, 0.3) is 0 Å². The van der Waals surface area contributed by atoms with Gasteiger partial charge in [-0.25, -0.2) is 0 Å². The number of rotatable bonds is 5. The number of benzene rings is 1. The summed E-state index contributed by atoms with van der Waals surface area (Å²) in [6.45, 7) is 2.12. The zero-order chi connectivity index (χ0) is 15.4. The molecule has 1 aromatic rings. The molecule has 2 rings (SSSR count). The Morgan fingerprint density at radius 1 is 1.48 bits per heavy atom. The molecule has 0 spiro atoms. The molecule has 0 saturated carbocycles. The second-order valence-corrected chi connectivity index (χ2v) is 4.93. The number of methoxy groups -OCH3 is 1. The van der Waals surface area contributed by atoms with E-state index in [1.54, 1.807) is 14.0 Å². The molecular weight excluding hydrogens is 274 g/mol. The minimum Gasteiger partial charge on any atom is -0.497 e. The van der Waals surface area contributed by atoms with Crippen molar-refractivity contribution in [2.24, 2.45) is 5.92 Å². The number of carbonyl (C=O) groups excluding carboxylic acids is 1. The fourth-order valence-corrected chi connectivity index (χ4v) is 2.42. The number of fused-ring (bicyclic) bond motifs is 1. The molecule has 0 fully saturated rings. The summed E-state index contributed by atoms with van der Waals surface area (Å²) in [6, 6.07) is 5.48.